The van der Waals surface area contributed by atoms with Crippen LogP contribution >= 0.6 is 0 Å². The van der Waals surface area contributed by atoms with Crippen LogP contribution in [0.4, 0.5) is 0 Å². The van der Waals surface area contributed by atoms with Gasteiger partial charge in [-0.15, -0.1) is 0 Å². The summed E-state index contributed by atoms with van der Waals surface area (Å²) >= 11 is 0. The van der Waals surface area contributed by atoms with Crippen molar-refractivity contribution in [3.63, 3.8) is 0 Å². The molecule has 60 heavy (non-hydrogen) atoms. The van der Waals surface area contributed by atoms with Gasteiger partial charge in [0.15, 0.2) is 12.0 Å². The van der Waals surface area contributed by atoms with Crippen LogP contribution in [0, 0.1) is 6.33 Å². The van der Waals surface area contributed by atoms with Crippen LogP contribution in [0.15, 0.2) is 170 Å². The first-order valence-electron chi connectivity index (χ1n) is 20.6. The fraction of sp³-hybridized carbons (Fsp3) is 0.0741. The standard InChI is InChI=1S/C54H37N5O/c1-54(2,3)33-27-28-55-49(29-33)58-47-24-9-7-18-40(47)41-26-25-36(31-48(41)58)60-35-14-10-13-34(30-35)56-32-57-46-23-8-6-17-39(46)37-15-4-5-16-38(37)42-19-11-20-43-44-21-12-22-45-51(44)59(50(42)43)53(57)52(45)56/h4-31H,1-3H3. The van der Waals surface area contributed by atoms with Gasteiger partial charge in [0, 0.05) is 55.8 Å². The summed E-state index contributed by atoms with van der Waals surface area (Å²) in [5.41, 5.74) is 10.0. The van der Waals surface area contributed by atoms with Gasteiger partial charge in [-0.25, -0.2) is 4.98 Å². The van der Waals surface area contributed by atoms with Crippen LogP contribution in [0.2, 0.25) is 0 Å². The molecule has 0 aliphatic heterocycles. The summed E-state index contributed by atoms with van der Waals surface area (Å²) in [5, 5.41) is 10.8. The van der Waals surface area contributed by atoms with E-state index in [-0.39, 0.29) is 5.41 Å². The lowest BCUT2D eigenvalue weighted by molar-refractivity contribution is -0.488. The first-order valence-corrected chi connectivity index (χ1v) is 20.6. The summed E-state index contributed by atoms with van der Waals surface area (Å²) in [6.45, 7) is 6.72. The molecule has 0 saturated heterocycles. The average molecular weight is 772 g/mol. The maximum atomic E-state index is 6.80. The van der Waals surface area contributed by atoms with Crippen molar-refractivity contribution in [1.29, 1.82) is 0 Å². The lowest BCUT2D eigenvalue weighted by Gasteiger charge is -2.20. The molecule has 0 fully saturated rings. The third-order valence-electron chi connectivity index (χ3n) is 12.6. The highest BCUT2D eigenvalue weighted by atomic mass is 16.5. The van der Waals surface area contributed by atoms with Gasteiger partial charge in [0.05, 0.1) is 16.6 Å². The van der Waals surface area contributed by atoms with E-state index in [2.05, 4.69) is 203 Å². The minimum Gasteiger partial charge on any atom is -0.458 e. The molecule has 0 atom stereocenters. The second kappa shape index (κ2) is 11.9. The Morgan fingerprint density at radius 2 is 1.13 bits per heavy atom. The Morgan fingerprint density at radius 1 is 0.517 bits per heavy atom. The van der Waals surface area contributed by atoms with Crippen molar-refractivity contribution >= 4 is 87.2 Å². The van der Waals surface area contributed by atoms with Crippen molar-refractivity contribution in [3.05, 3.63) is 182 Å². The first kappa shape index (κ1) is 33.3. The van der Waals surface area contributed by atoms with Crippen LogP contribution in [0.25, 0.3) is 98.7 Å². The number of imidazole rings is 1. The number of aromatic nitrogens is 5. The zero-order valence-corrected chi connectivity index (χ0v) is 33.3. The fourth-order valence-electron chi connectivity index (χ4n) is 9.88. The molecule has 6 heterocycles. The number of nitrogens with zero attached hydrogens (tertiary/aromatic N) is 5. The minimum absolute atomic E-state index is 0.0103. The number of fused-ring (bicyclic) bond motifs is 10. The van der Waals surface area contributed by atoms with Gasteiger partial charge in [-0.1, -0.05) is 136 Å². The van der Waals surface area contributed by atoms with Crippen LogP contribution < -0.4 is 9.14 Å². The van der Waals surface area contributed by atoms with Gasteiger partial charge in [-0.05, 0) is 69.6 Å². The molecule has 0 radical (unpaired) electrons. The molecule has 0 unspecified atom stereocenters. The van der Waals surface area contributed by atoms with E-state index < -0.39 is 0 Å². The zero-order chi connectivity index (χ0) is 39.9. The molecule has 0 N–H and O–H groups in total. The van der Waals surface area contributed by atoms with Crippen LogP contribution in [-0.2, 0) is 5.41 Å². The van der Waals surface area contributed by atoms with E-state index >= 15 is 0 Å². The molecule has 6 heteroatoms. The van der Waals surface area contributed by atoms with E-state index in [0.29, 0.717) is 0 Å². The van der Waals surface area contributed by atoms with E-state index in [1.807, 2.05) is 12.3 Å². The monoisotopic (exact) mass is 771 g/mol. The molecule has 7 aromatic carbocycles. The maximum Gasteiger partial charge on any atom is 0.198 e. The number of hydrogen-bond acceptors (Lipinski definition) is 2. The molecule has 0 amide bonds. The Labute approximate surface area is 344 Å². The zero-order valence-electron chi connectivity index (χ0n) is 33.3. The van der Waals surface area contributed by atoms with E-state index in [0.717, 1.165) is 61.5 Å². The third-order valence-corrected chi connectivity index (χ3v) is 12.6. The smallest absolute Gasteiger partial charge is 0.198 e. The quantitative estimate of drug-likeness (QED) is 0.132. The van der Waals surface area contributed by atoms with Gasteiger partial charge in [0.25, 0.3) is 0 Å². The molecule has 0 saturated carbocycles. The van der Waals surface area contributed by atoms with Crippen LogP contribution in [-0.4, -0.2) is 18.5 Å². The van der Waals surface area contributed by atoms with Gasteiger partial charge in [-0.3, -0.25) is 13.4 Å². The SMILES string of the molecule is CC(C)(C)c1ccnc(-n2c3ccccc3c3ccc(Oc4cccc(-n5[c-][n+]6c7ccccc7c7ccccc7c7cccc8c9cccc%10c5c6n(c78)c9%10)c4)cc32)c1. The molecule has 0 spiro atoms. The predicted octanol–water partition coefficient (Wildman–Crippen LogP) is 13.1. The molecule has 284 valence electrons. The van der Waals surface area contributed by atoms with E-state index in [4.69, 9.17) is 9.72 Å². The molecule has 0 aliphatic rings. The second-order valence-electron chi connectivity index (χ2n) is 17.0. The van der Waals surface area contributed by atoms with Crippen LogP contribution in [0.3, 0.4) is 0 Å². The third kappa shape index (κ3) is 4.53. The first-order chi connectivity index (χ1) is 29.4. The molecular weight excluding hydrogens is 735 g/mol. The van der Waals surface area contributed by atoms with Gasteiger partial charge in [0.2, 0.25) is 0 Å². The van der Waals surface area contributed by atoms with Crippen molar-refractivity contribution in [1.82, 2.24) is 18.5 Å². The number of ether oxygens (including phenoxy) is 1. The summed E-state index contributed by atoms with van der Waals surface area (Å²) in [7, 11) is 0. The number of hydrogen-bond donors (Lipinski definition) is 0. The molecule has 13 rings (SSSR count). The highest BCUT2D eigenvalue weighted by molar-refractivity contribution is 6.27. The number of rotatable bonds is 4. The highest BCUT2D eigenvalue weighted by Crippen LogP contribution is 2.43. The fourth-order valence-corrected chi connectivity index (χ4v) is 9.88. The highest BCUT2D eigenvalue weighted by Gasteiger charge is 2.26. The molecule has 6 nitrogen and oxygen atoms in total. The Kier molecular flexibility index (Phi) is 6.62. The number of para-hydroxylation sites is 4. The summed E-state index contributed by atoms with van der Waals surface area (Å²) < 4.78 is 16.0. The van der Waals surface area contributed by atoms with E-state index in [1.54, 1.807) is 0 Å². The molecule has 13 aromatic rings. The van der Waals surface area contributed by atoms with Crippen molar-refractivity contribution in [2.45, 2.75) is 26.2 Å². The van der Waals surface area contributed by atoms with Gasteiger partial charge >= 0.3 is 0 Å². The molecule has 0 aliphatic carbocycles. The summed E-state index contributed by atoms with van der Waals surface area (Å²) in [6, 6.07) is 58.6. The Hall–Kier alpha value is -7.70. The van der Waals surface area contributed by atoms with Crippen molar-refractivity contribution in [2.75, 3.05) is 0 Å². The summed E-state index contributed by atoms with van der Waals surface area (Å²) in [6.07, 6.45) is 5.79. The van der Waals surface area contributed by atoms with Crippen molar-refractivity contribution < 1.29 is 9.14 Å². The topological polar surface area (TPSA) is 40.5 Å². The van der Waals surface area contributed by atoms with Gasteiger partial charge in [0.1, 0.15) is 28.4 Å². The summed E-state index contributed by atoms with van der Waals surface area (Å²) in [5.74, 6) is 2.38. The van der Waals surface area contributed by atoms with Crippen LogP contribution in [0.5, 0.6) is 11.5 Å². The number of pyridine rings is 1. The Morgan fingerprint density at radius 3 is 1.93 bits per heavy atom. The Bertz CT molecular complexity index is 3910. The average Bonchev–Trinajstić information content (AvgIpc) is 4.02. The molecular formula is C54H37N5O. The second-order valence-corrected chi connectivity index (χ2v) is 17.0. The minimum atomic E-state index is -0.0103. The predicted molar refractivity (Wildman–Crippen MR) is 245 cm³/mol. The molecule has 0 bridgehead atoms. The van der Waals surface area contributed by atoms with Crippen LogP contribution in [0.1, 0.15) is 26.3 Å². The van der Waals surface area contributed by atoms with Crippen molar-refractivity contribution in [3.8, 4) is 23.0 Å². The molecule has 6 aromatic heterocycles. The number of benzene rings is 7. The summed E-state index contributed by atoms with van der Waals surface area (Å²) in [4.78, 5) is 4.89. The lowest BCUT2D eigenvalue weighted by atomic mass is 9.88. The Balaban J connectivity index is 1.03. The maximum absolute atomic E-state index is 6.80. The van der Waals surface area contributed by atoms with E-state index in [1.165, 1.54) is 54.3 Å². The largest absolute Gasteiger partial charge is 0.458 e. The lowest BCUT2D eigenvalue weighted by Crippen LogP contribution is -2.21. The van der Waals surface area contributed by atoms with Gasteiger partial charge in [-0.2, -0.15) is 0 Å². The van der Waals surface area contributed by atoms with Gasteiger partial charge < -0.3 is 9.30 Å². The van der Waals surface area contributed by atoms with E-state index in [9.17, 15) is 0 Å². The normalized spacial score (nSPS) is 12.6. The van der Waals surface area contributed by atoms with Crippen molar-refractivity contribution in [2.24, 2.45) is 0 Å².